The number of carbonyl (C=O) groups excluding carboxylic acids is 1. The number of benzene rings is 2. The van der Waals surface area contributed by atoms with E-state index in [4.69, 9.17) is 9.47 Å². The molecule has 0 aliphatic carbocycles. The summed E-state index contributed by atoms with van der Waals surface area (Å²) in [4.78, 5) is 12.8. The predicted octanol–water partition coefficient (Wildman–Crippen LogP) is 4.23. The van der Waals surface area contributed by atoms with E-state index in [1.165, 1.54) is 0 Å². The smallest absolute Gasteiger partial charge is 0.225 e. The summed E-state index contributed by atoms with van der Waals surface area (Å²) in [6.45, 7) is 7.91. The van der Waals surface area contributed by atoms with Crippen molar-refractivity contribution in [2.24, 2.45) is 0 Å². The molecular weight excluding hydrogens is 378 g/mol. The zero-order valence-corrected chi connectivity index (χ0v) is 18.4. The van der Waals surface area contributed by atoms with E-state index in [2.05, 4.69) is 10.4 Å². The first-order valence-electron chi connectivity index (χ1n) is 9.98. The molecule has 1 aromatic heterocycles. The van der Waals surface area contributed by atoms with E-state index < -0.39 is 0 Å². The van der Waals surface area contributed by atoms with Crippen LogP contribution < -0.4 is 14.8 Å². The number of hydrogen-bond acceptors (Lipinski definition) is 4. The molecular formula is C24H29N3O3. The van der Waals surface area contributed by atoms with Crippen LogP contribution in [0.5, 0.6) is 11.5 Å². The van der Waals surface area contributed by atoms with Gasteiger partial charge in [0.2, 0.25) is 5.91 Å². The van der Waals surface area contributed by atoms with Crippen molar-refractivity contribution in [3.05, 3.63) is 70.5 Å². The van der Waals surface area contributed by atoms with Crippen molar-refractivity contribution in [1.29, 1.82) is 0 Å². The summed E-state index contributed by atoms with van der Waals surface area (Å²) < 4.78 is 12.7. The fourth-order valence-electron chi connectivity index (χ4n) is 3.75. The van der Waals surface area contributed by atoms with Crippen LogP contribution in [0.3, 0.4) is 0 Å². The van der Waals surface area contributed by atoms with Crippen molar-refractivity contribution in [2.75, 3.05) is 14.2 Å². The van der Waals surface area contributed by atoms with Crippen LogP contribution in [0.25, 0.3) is 5.69 Å². The first-order chi connectivity index (χ1) is 14.3. The lowest BCUT2D eigenvalue weighted by atomic mass is 10.0. The Morgan fingerprint density at radius 1 is 1.07 bits per heavy atom. The lowest BCUT2D eigenvalue weighted by Crippen LogP contribution is -2.29. The van der Waals surface area contributed by atoms with Gasteiger partial charge in [-0.15, -0.1) is 0 Å². The Balaban J connectivity index is 1.77. The molecule has 0 saturated carbocycles. The third-order valence-electron chi connectivity index (χ3n) is 5.40. The van der Waals surface area contributed by atoms with E-state index in [-0.39, 0.29) is 18.4 Å². The summed E-state index contributed by atoms with van der Waals surface area (Å²) in [5, 5.41) is 7.74. The summed E-state index contributed by atoms with van der Waals surface area (Å²) in [6.07, 6.45) is 0.279. The van der Waals surface area contributed by atoms with Crippen LogP contribution >= 0.6 is 0 Å². The van der Waals surface area contributed by atoms with Gasteiger partial charge in [0, 0.05) is 11.3 Å². The molecule has 0 radical (unpaired) electrons. The molecule has 0 saturated heterocycles. The van der Waals surface area contributed by atoms with E-state index in [9.17, 15) is 4.79 Å². The predicted molar refractivity (Wildman–Crippen MR) is 118 cm³/mol. The van der Waals surface area contributed by atoms with Crippen molar-refractivity contribution in [3.63, 3.8) is 0 Å². The molecule has 0 fully saturated rings. The number of amides is 1. The second kappa shape index (κ2) is 9.03. The Morgan fingerprint density at radius 2 is 1.70 bits per heavy atom. The highest BCUT2D eigenvalue weighted by Gasteiger charge is 2.19. The molecule has 0 bridgehead atoms. The van der Waals surface area contributed by atoms with Crippen molar-refractivity contribution in [1.82, 2.24) is 15.1 Å². The Kier molecular flexibility index (Phi) is 6.45. The molecule has 1 atom stereocenters. The van der Waals surface area contributed by atoms with Gasteiger partial charge in [0.15, 0.2) is 11.5 Å². The Hall–Kier alpha value is -3.28. The standard InChI is InChI=1S/C24H29N3O3/c1-15-12-22(29-5)23(30-6)13-20(15)16(2)25-24(28)14-21-17(3)26-27(18(21)4)19-10-8-7-9-11-19/h7-13,16H,14H2,1-6H3,(H,25,28)/t16-/m1/s1. The average Bonchev–Trinajstić information content (AvgIpc) is 3.02. The van der Waals surface area contributed by atoms with E-state index in [1.54, 1.807) is 14.2 Å². The van der Waals surface area contributed by atoms with Crippen LogP contribution in [0.2, 0.25) is 0 Å². The second-order valence-corrected chi connectivity index (χ2v) is 7.43. The van der Waals surface area contributed by atoms with Crippen LogP contribution in [0.1, 0.15) is 41.0 Å². The molecule has 1 heterocycles. The molecule has 0 unspecified atom stereocenters. The first kappa shape index (κ1) is 21.4. The van der Waals surface area contributed by atoms with Gasteiger partial charge in [0.25, 0.3) is 0 Å². The van der Waals surface area contributed by atoms with Crippen LogP contribution in [0.4, 0.5) is 0 Å². The number of aryl methyl sites for hydroxylation is 2. The highest BCUT2D eigenvalue weighted by molar-refractivity contribution is 5.79. The van der Waals surface area contributed by atoms with Gasteiger partial charge in [-0.3, -0.25) is 4.79 Å². The van der Waals surface area contributed by atoms with Gasteiger partial charge >= 0.3 is 0 Å². The minimum atomic E-state index is -0.165. The number of aromatic nitrogens is 2. The van der Waals surface area contributed by atoms with Crippen LogP contribution in [0.15, 0.2) is 42.5 Å². The molecule has 30 heavy (non-hydrogen) atoms. The lowest BCUT2D eigenvalue weighted by Gasteiger charge is -2.19. The fourth-order valence-corrected chi connectivity index (χ4v) is 3.75. The van der Waals surface area contributed by atoms with Crippen molar-refractivity contribution in [2.45, 2.75) is 40.2 Å². The maximum absolute atomic E-state index is 12.8. The molecule has 3 rings (SSSR count). The van der Waals surface area contributed by atoms with Crippen LogP contribution in [0, 0.1) is 20.8 Å². The van der Waals surface area contributed by atoms with Crippen LogP contribution in [-0.4, -0.2) is 29.9 Å². The van der Waals surface area contributed by atoms with E-state index in [0.29, 0.717) is 11.5 Å². The summed E-state index contributed by atoms with van der Waals surface area (Å²) in [5.41, 5.74) is 5.80. The Morgan fingerprint density at radius 3 is 2.33 bits per heavy atom. The molecule has 2 aromatic carbocycles. The Labute approximate surface area is 177 Å². The second-order valence-electron chi connectivity index (χ2n) is 7.43. The van der Waals surface area contributed by atoms with Gasteiger partial charge in [-0.2, -0.15) is 5.10 Å². The average molecular weight is 408 g/mol. The first-order valence-corrected chi connectivity index (χ1v) is 9.98. The van der Waals surface area contributed by atoms with Crippen molar-refractivity contribution in [3.8, 4) is 17.2 Å². The normalized spacial score (nSPS) is 11.8. The molecule has 6 nitrogen and oxygen atoms in total. The van der Waals surface area contributed by atoms with Crippen molar-refractivity contribution < 1.29 is 14.3 Å². The molecule has 3 aromatic rings. The number of ether oxygens (including phenoxy) is 2. The SMILES string of the molecule is COc1cc(C)c([C@@H](C)NC(=O)Cc2c(C)nn(-c3ccccc3)c2C)cc1OC. The van der Waals surface area contributed by atoms with Gasteiger partial charge < -0.3 is 14.8 Å². The van der Waals surface area contributed by atoms with Crippen LogP contribution in [-0.2, 0) is 11.2 Å². The van der Waals surface area contributed by atoms with E-state index in [1.807, 2.05) is 74.8 Å². The fraction of sp³-hybridized carbons (Fsp3) is 0.333. The third kappa shape index (κ3) is 4.32. The highest BCUT2D eigenvalue weighted by Crippen LogP contribution is 2.33. The van der Waals surface area contributed by atoms with E-state index >= 15 is 0 Å². The summed E-state index contributed by atoms with van der Waals surface area (Å²) in [7, 11) is 3.22. The highest BCUT2D eigenvalue weighted by atomic mass is 16.5. The molecule has 6 heteroatoms. The number of hydrogen-bond donors (Lipinski definition) is 1. The third-order valence-corrected chi connectivity index (χ3v) is 5.40. The topological polar surface area (TPSA) is 65.4 Å². The number of rotatable bonds is 7. The molecule has 0 spiro atoms. The lowest BCUT2D eigenvalue weighted by molar-refractivity contribution is -0.121. The summed E-state index contributed by atoms with van der Waals surface area (Å²) in [6, 6.07) is 13.6. The van der Waals surface area contributed by atoms with Crippen molar-refractivity contribution >= 4 is 5.91 Å². The zero-order valence-electron chi connectivity index (χ0n) is 18.4. The van der Waals surface area contributed by atoms with Gasteiger partial charge in [-0.25, -0.2) is 4.68 Å². The molecule has 1 N–H and O–H groups in total. The maximum Gasteiger partial charge on any atom is 0.225 e. The Bertz CT molecular complexity index is 1040. The number of nitrogens with one attached hydrogen (secondary N) is 1. The summed E-state index contributed by atoms with van der Waals surface area (Å²) >= 11 is 0. The molecule has 0 aliphatic rings. The maximum atomic E-state index is 12.8. The molecule has 158 valence electrons. The van der Waals surface area contributed by atoms with E-state index in [0.717, 1.165) is 33.8 Å². The zero-order chi connectivity index (χ0) is 21.8. The molecule has 0 aliphatic heterocycles. The minimum Gasteiger partial charge on any atom is -0.493 e. The number of nitrogens with zero attached hydrogens (tertiary/aromatic N) is 2. The number of para-hydroxylation sites is 1. The van der Waals surface area contributed by atoms with Gasteiger partial charge in [-0.05, 0) is 63.1 Å². The molecule has 1 amide bonds. The quantitative estimate of drug-likeness (QED) is 0.636. The number of methoxy groups -OCH3 is 2. The number of carbonyl (C=O) groups is 1. The van der Waals surface area contributed by atoms with Gasteiger partial charge in [0.05, 0.1) is 38.1 Å². The largest absolute Gasteiger partial charge is 0.493 e. The minimum absolute atomic E-state index is 0.0458. The van der Waals surface area contributed by atoms with Gasteiger partial charge in [0.1, 0.15) is 0 Å². The monoisotopic (exact) mass is 407 g/mol. The van der Waals surface area contributed by atoms with Gasteiger partial charge in [-0.1, -0.05) is 18.2 Å². The summed E-state index contributed by atoms with van der Waals surface area (Å²) in [5.74, 6) is 1.28.